The van der Waals surface area contributed by atoms with Crippen LogP contribution in [0.15, 0.2) is 36.4 Å². The summed E-state index contributed by atoms with van der Waals surface area (Å²) in [5, 5.41) is 10.7. The second-order valence-electron chi connectivity index (χ2n) is 5.46. The summed E-state index contributed by atoms with van der Waals surface area (Å²) in [6.45, 7) is 5.71. The summed E-state index contributed by atoms with van der Waals surface area (Å²) in [5.41, 5.74) is 2.33. The van der Waals surface area contributed by atoms with Crippen LogP contribution in [0.25, 0.3) is 0 Å². The Morgan fingerprint density at radius 3 is 2.50 bits per heavy atom. The fourth-order valence-corrected chi connectivity index (χ4v) is 2.43. The predicted octanol–water partition coefficient (Wildman–Crippen LogP) is 4.55. The molecule has 3 heteroatoms. The molecule has 0 radical (unpaired) electrons. The van der Waals surface area contributed by atoms with Gasteiger partial charge in [0.05, 0.1) is 10.6 Å². The van der Waals surface area contributed by atoms with Gasteiger partial charge in [-0.2, -0.15) is 0 Å². The van der Waals surface area contributed by atoms with Crippen LogP contribution in [0.3, 0.4) is 0 Å². The minimum Gasteiger partial charge on any atom is -0.385 e. The lowest BCUT2D eigenvalue weighted by Crippen LogP contribution is -2.25. The van der Waals surface area contributed by atoms with Crippen molar-refractivity contribution in [2.45, 2.75) is 32.8 Å². The number of aryl methyl sites for hydroxylation is 2. The van der Waals surface area contributed by atoms with Crippen LogP contribution in [0.1, 0.15) is 29.2 Å². The molecule has 0 fully saturated rings. The fourth-order valence-electron chi connectivity index (χ4n) is 2.23. The lowest BCUT2D eigenvalue weighted by molar-refractivity contribution is 0.0566. The van der Waals surface area contributed by atoms with Crippen LogP contribution in [-0.4, -0.2) is 5.11 Å². The van der Waals surface area contributed by atoms with E-state index in [9.17, 15) is 9.50 Å². The standard InChI is InChI=1S/C17H18ClFO/c1-11-7-8-14(9-12(11)2)17(3,20)10-13-5-4-6-15(18)16(13)19/h4-9,20H,10H2,1-3H3. The van der Waals surface area contributed by atoms with Crippen molar-refractivity contribution < 1.29 is 9.50 Å². The SMILES string of the molecule is Cc1ccc(C(C)(O)Cc2cccc(Cl)c2F)cc1C. The molecule has 0 aromatic heterocycles. The zero-order valence-electron chi connectivity index (χ0n) is 11.9. The number of rotatable bonds is 3. The molecule has 0 saturated carbocycles. The highest BCUT2D eigenvalue weighted by molar-refractivity contribution is 6.30. The third-order valence-corrected chi connectivity index (χ3v) is 3.99. The first-order valence-electron chi connectivity index (χ1n) is 6.54. The molecule has 0 spiro atoms. The van der Waals surface area contributed by atoms with Gasteiger partial charge in [-0.1, -0.05) is 41.9 Å². The Labute approximate surface area is 124 Å². The lowest BCUT2D eigenvalue weighted by atomic mass is 9.87. The van der Waals surface area contributed by atoms with Gasteiger partial charge in [-0.15, -0.1) is 0 Å². The van der Waals surface area contributed by atoms with Gasteiger partial charge in [-0.3, -0.25) is 0 Å². The van der Waals surface area contributed by atoms with E-state index in [-0.39, 0.29) is 11.4 Å². The molecule has 1 unspecified atom stereocenters. The van der Waals surface area contributed by atoms with E-state index in [2.05, 4.69) is 0 Å². The van der Waals surface area contributed by atoms with Crippen LogP contribution >= 0.6 is 11.6 Å². The number of hydrogen-bond donors (Lipinski definition) is 1. The van der Waals surface area contributed by atoms with Gasteiger partial charge in [0.1, 0.15) is 5.82 Å². The van der Waals surface area contributed by atoms with Crippen LogP contribution in [0.4, 0.5) is 4.39 Å². The minimum atomic E-state index is -1.13. The molecule has 20 heavy (non-hydrogen) atoms. The molecular formula is C17H18ClFO. The Balaban J connectivity index is 2.35. The Hall–Kier alpha value is -1.38. The molecule has 0 bridgehead atoms. The van der Waals surface area contributed by atoms with E-state index in [0.29, 0.717) is 5.56 Å². The molecule has 2 rings (SSSR count). The van der Waals surface area contributed by atoms with Crippen LogP contribution in [0.5, 0.6) is 0 Å². The quantitative estimate of drug-likeness (QED) is 0.880. The van der Waals surface area contributed by atoms with E-state index in [1.807, 2.05) is 32.0 Å². The molecule has 2 aromatic rings. The average Bonchev–Trinajstić information content (AvgIpc) is 2.38. The first-order valence-corrected chi connectivity index (χ1v) is 6.92. The largest absolute Gasteiger partial charge is 0.385 e. The van der Waals surface area contributed by atoms with Crippen LogP contribution < -0.4 is 0 Å². The highest BCUT2D eigenvalue weighted by Gasteiger charge is 2.25. The van der Waals surface area contributed by atoms with E-state index >= 15 is 0 Å². The van der Waals surface area contributed by atoms with E-state index < -0.39 is 11.4 Å². The van der Waals surface area contributed by atoms with E-state index in [0.717, 1.165) is 11.1 Å². The monoisotopic (exact) mass is 292 g/mol. The molecule has 1 atom stereocenters. The first-order chi connectivity index (χ1) is 9.31. The Morgan fingerprint density at radius 1 is 1.15 bits per heavy atom. The summed E-state index contributed by atoms with van der Waals surface area (Å²) in [4.78, 5) is 0. The van der Waals surface area contributed by atoms with Gasteiger partial charge in [-0.25, -0.2) is 4.39 Å². The van der Waals surface area contributed by atoms with Gasteiger partial charge in [0.15, 0.2) is 0 Å². The van der Waals surface area contributed by atoms with Crippen LogP contribution in [0, 0.1) is 19.7 Å². The highest BCUT2D eigenvalue weighted by atomic mass is 35.5. The van der Waals surface area contributed by atoms with E-state index in [1.165, 1.54) is 11.6 Å². The summed E-state index contributed by atoms with van der Waals surface area (Å²) < 4.78 is 13.9. The summed E-state index contributed by atoms with van der Waals surface area (Å²) in [5.74, 6) is -0.460. The molecule has 0 heterocycles. The van der Waals surface area contributed by atoms with E-state index in [4.69, 9.17) is 11.6 Å². The smallest absolute Gasteiger partial charge is 0.145 e. The van der Waals surface area contributed by atoms with Gasteiger partial charge >= 0.3 is 0 Å². The molecule has 1 nitrogen and oxygen atoms in total. The van der Waals surface area contributed by atoms with Crippen molar-refractivity contribution in [3.8, 4) is 0 Å². The van der Waals surface area contributed by atoms with Crippen molar-refractivity contribution in [2.75, 3.05) is 0 Å². The maximum absolute atomic E-state index is 13.9. The van der Waals surface area contributed by atoms with Crippen molar-refractivity contribution in [2.24, 2.45) is 0 Å². The molecular weight excluding hydrogens is 275 g/mol. The third-order valence-electron chi connectivity index (χ3n) is 3.70. The van der Waals surface area contributed by atoms with Gasteiger partial charge in [-0.05, 0) is 49.1 Å². The average molecular weight is 293 g/mol. The minimum absolute atomic E-state index is 0.0818. The first kappa shape index (κ1) is 15.0. The third kappa shape index (κ3) is 3.02. The summed E-state index contributed by atoms with van der Waals surface area (Å²) in [7, 11) is 0. The molecule has 0 aliphatic rings. The maximum atomic E-state index is 13.9. The van der Waals surface area contributed by atoms with Crippen LogP contribution in [-0.2, 0) is 12.0 Å². The van der Waals surface area contributed by atoms with Crippen LogP contribution in [0.2, 0.25) is 5.02 Å². The van der Waals surface area contributed by atoms with E-state index in [1.54, 1.807) is 19.1 Å². The summed E-state index contributed by atoms with van der Waals surface area (Å²) in [6.07, 6.45) is 0.182. The Morgan fingerprint density at radius 2 is 1.85 bits per heavy atom. The number of halogens is 2. The highest BCUT2D eigenvalue weighted by Crippen LogP contribution is 2.29. The topological polar surface area (TPSA) is 20.2 Å². The Kier molecular flexibility index (Phi) is 4.17. The van der Waals surface area contributed by atoms with Crippen molar-refractivity contribution in [3.63, 3.8) is 0 Å². The second-order valence-corrected chi connectivity index (χ2v) is 5.87. The number of benzene rings is 2. The van der Waals surface area contributed by atoms with Crippen molar-refractivity contribution >= 4 is 11.6 Å². The molecule has 0 aliphatic carbocycles. The van der Waals surface area contributed by atoms with Gasteiger partial charge < -0.3 is 5.11 Å². The molecule has 0 saturated heterocycles. The lowest BCUT2D eigenvalue weighted by Gasteiger charge is -2.25. The zero-order chi connectivity index (χ0) is 14.9. The molecule has 1 N–H and O–H groups in total. The van der Waals surface area contributed by atoms with Gasteiger partial charge in [0, 0.05) is 6.42 Å². The number of hydrogen-bond acceptors (Lipinski definition) is 1. The van der Waals surface area contributed by atoms with Gasteiger partial charge in [0.25, 0.3) is 0 Å². The zero-order valence-corrected chi connectivity index (χ0v) is 12.6. The summed E-state index contributed by atoms with van der Waals surface area (Å²) in [6, 6.07) is 10.6. The van der Waals surface area contributed by atoms with Crippen molar-refractivity contribution in [3.05, 3.63) is 69.5 Å². The van der Waals surface area contributed by atoms with Crippen molar-refractivity contribution in [1.29, 1.82) is 0 Å². The fraction of sp³-hybridized carbons (Fsp3) is 0.294. The normalized spacial score (nSPS) is 14.1. The van der Waals surface area contributed by atoms with Crippen molar-refractivity contribution in [1.82, 2.24) is 0 Å². The maximum Gasteiger partial charge on any atom is 0.145 e. The molecule has 0 amide bonds. The van der Waals surface area contributed by atoms with Gasteiger partial charge in [0.2, 0.25) is 0 Å². The summed E-state index contributed by atoms with van der Waals surface area (Å²) >= 11 is 5.78. The predicted molar refractivity (Wildman–Crippen MR) is 80.6 cm³/mol. The second kappa shape index (κ2) is 5.55. The molecule has 2 aromatic carbocycles. The molecule has 0 aliphatic heterocycles. The molecule has 106 valence electrons. The Bertz CT molecular complexity index is 635. The number of aliphatic hydroxyl groups is 1.